The van der Waals surface area contributed by atoms with Crippen LogP contribution < -0.4 is 4.57 Å². The largest absolute Gasteiger partial charge is 0.454 e. The van der Waals surface area contributed by atoms with Crippen molar-refractivity contribution in [3.63, 3.8) is 0 Å². The summed E-state index contributed by atoms with van der Waals surface area (Å²) in [7, 11) is 1.74. The van der Waals surface area contributed by atoms with Crippen LogP contribution in [0.3, 0.4) is 0 Å². The predicted molar refractivity (Wildman–Crippen MR) is 138 cm³/mol. The lowest BCUT2D eigenvalue weighted by Crippen LogP contribution is -2.32. The van der Waals surface area contributed by atoms with Gasteiger partial charge >= 0.3 is 0 Å². The molecule has 0 saturated carbocycles. The van der Waals surface area contributed by atoms with E-state index in [4.69, 9.17) is 7.16 Å². The van der Waals surface area contributed by atoms with Gasteiger partial charge in [-0.05, 0) is 42.0 Å². The van der Waals surface area contributed by atoms with Crippen LogP contribution >= 0.6 is 0 Å². The van der Waals surface area contributed by atoms with Crippen LogP contribution in [0.5, 0.6) is 0 Å². The van der Waals surface area contributed by atoms with Crippen LogP contribution in [0.25, 0.3) is 44.3 Å². The second-order valence-corrected chi connectivity index (χ2v) is 9.99. The molecule has 0 bridgehead atoms. The van der Waals surface area contributed by atoms with Crippen molar-refractivity contribution in [2.75, 3.05) is 0 Å². The first-order valence-electron chi connectivity index (χ1n) is 12.6. The summed E-state index contributed by atoms with van der Waals surface area (Å²) in [4.78, 5) is 0. The lowest BCUT2D eigenvalue weighted by atomic mass is 9.87. The quantitative estimate of drug-likeness (QED) is 0.257. The first-order chi connectivity index (χ1) is 17.5. The van der Waals surface area contributed by atoms with Crippen molar-refractivity contribution >= 4 is 21.9 Å². The van der Waals surface area contributed by atoms with Crippen LogP contribution in [0.2, 0.25) is 0 Å². The molecule has 2 aromatic heterocycles. The van der Waals surface area contributed by atoms with Gasteiger partial charge in [-0.2, -0.15) is 9.83 Å². The summed E-state index contributed by atoms with van der Waals surface area (Å²) in [6, 6.07) is 21.4. The van der Waals surface area contributed by atoms with Crippen LogP contribution in [0.1, 0.15) is 40.2 Å². The van der Waals surface area contributed by atoms with Crippen LogP contribution in [0.15, 0.2) is 71.3 Å². The van der Waals surface area contributed by atoms with Gasteiger partial charge in [0.15, 0.2) is 5.82 Å². The summed E-state index contributed by atoms with van der Waals surface area (Å²) in [5.41, 5.74) is 5.01. The van der Waals surface area contributed by atoms with Crippen LogP contribution in [-0.2, 0) is 13.4 Å². The van der Waals surface area contributed by atoms with E-state index in [0.29, 0.717) is 22.4 Å². The van der Waals surface area contributed by atoms with Crippen molar-refractivity contribution in [3.8, 4) is 28.5 Å². The number of rotatable bonds is 3. The van der Waals surface area contributed by atoms with Crippen LogP contribution in [0.4, 0.5) is 4.39 Å². The minimum absolute atomic E-state index is 0.00306. The molecular weight excluding hydrogens is 435 g/mol. The normalized spacial score (nSPS) is 13.1. The Hall–Kier alpha value is -3.97. The molecule has 5 rings (SSSR count). The second kappa shape index (κ2) is 8.36. The molecule has 5 aromatic rings. The van der Waals surface area contributed by atoms with E-state index < -0.39 is 17.6 Å². The maximum absolute atomic E-state index is 15.2. The van der Waals surface area contributed by atoms with Gasteiger partial charge in [0.2, 0.25) is 11.9 Å². The van der Waals surface area contributed by atoms with E-state index in [9.17, 15) is 5.26 Å². The maximum atomic E-state index is 15.2. The van der Waals surface area contributed by atoms with E-state index in [-0.39, 0.29) is 5.56 Å². The van der Waals surface area contributed by atoms with Crippen molar-refractivity contribution in [3.05, 3.63) is 89.4 Å². The topological polar surface area (TPSA) is 40.8 Å². The molecule has 3 nitrogen and oxygen atoms in total. The van der Waals surface area contributed by atoms with Gasteiger partial charge in [-0.1, -0.05) is 63.2 Å². The van der Waals surface area contributed by atoms with E-state index in [1.54, 1.807) is 38.5 Å². The van der Waals surface area contributed by atoms with Crippen LogP contribution in [-0.4, -0.2) is 0 Å². The number of pyridine rings is 1. The molecule has 0 aliphatic rings. The molecule has 0 fully saturated rings. The minimum Gasteiger partial charge on any atom is -0.454 e. The lowest BCUT2D eigenvalue weighted by molar-refractivity contribution is -0.662. The van der Waals surface area contributed by atoms with Crippen molar-refractivity contribution in [2.24, 2.45) is 12.5 Å². The van der Waals surface area contributed by atoms with E-state index in [1.165, 1.54) is 6.20 Å². The molecular formula is C31H28FN2O+. The van der Waals surface area contributed by atoms with E-state index in [2.05, 4.69) is 6.07 Å². The van der Waals surface area contributed by atoms with Gasteiger partial charge in [-0.15, -0.1) is 0 Å². The molecule has 35 heavy (non-hydrogen) atoms. The zero-order valence-corrected chi connectivity index (χ0v) is 20.5. The summed E-state index contributed by atoms with van der Waals surface area (Å²) >= 11 is 0. The fourth-order valence-corrected chi connectivity index (χ4v) is 4.66. The number of halogens is 1. The maximum Gasteiger partial charge on any atom is 0.216 e. The average molecular weight is 466 g/mol. The Bertz CT molecular complexity index is 1720. The number of aromatic nitrogens is 1. The molecule has 3 aromatic carbocycles. The first kappa shape index (κ1) is 20.4. The third kappa shape index (κ3) is 3.98. The summed E-state index contributed by atoms with van der Waals surface area (Å²) < 4.78 is 40.9. The van der Waals surface area contributed by atoms with Gasteiger partial charge in [0.05, 0.1) is 17.2 Å². The van der Waals surface area contributed by atoms with Crippen molar-refractivity contribution < 1.29 is 16.1 Å². The smallest absolute Gasteiger partial charge is 0.216 e. The van der Waals surface area contributed by atoms with E-state index in [0.717, 1.165) is 33.0 Å². The number of fused-ring (bicyclic) bond motifs is 3. The summed E-state index contributed by atoms with van der Waals surface area (Å²) in [6.07, 6.45) is -0.588. The average Bonchev–Trinajstić information content (AvgIpc) is 3.23. The molecule has 0 unspecified atom stereocenters. The molecule has 0 saturated heterocycles. The highest BCUT2D eigenvalue weighted by Gasteiger charge is 2.26. The molecule has 0 N–H and O–H groups in total. The number of hydrogen-bond donors (Lipinski definition) is 0. The van der Waals surface area contributed by atoms with E-state index >= 15 is 4.39 Å². The number of aryl methyl sites for hydroxylation is 2. The molecule has 0 atom stereocenters. The van der Waals surface area contributed by atoms with Gasteiger partial charge < -0.3 is 4.42 Å². The van der Waals surface area contributed by atoms with Gasteiger partial charge in [0.1, 0.15) is 18.2 Å². The summed E-state index contributed by atoms with van der Waals surface area (Å²) in [5, 5.41) is 11.4. The SMILES string of the molecule is [2H]C([2H])(c1cc(-c2c(C)ccc3c2oc2c(-c4ccccc4)ccc(C#N)c23)[n+](C)cc1F)C(C)(C)C. The highest BCUT2D eigenvalue weighted by atomic mass is 19.1. The number of nitrogens with zero attached hydrogens (tertiary/aromatic N) is 2. The monoisotopic (exact) mass is 465 g/mol. The van der Waals surface area contributed by atoms with Crippen molar-refractivity contribution in [2.45, 2.75) is 34.1 Å². The molecule has 0 aliphatic heterocycles. The highest BCUT2D eigenvalue weighted by Crippen LogP contribution is 2.42. The summed E-state index contributed by atoms with van der Waals surface area (Å²) in [6.45, 7) is 7.24. The second-order valence-electron chi connectivity index (χ2n) is 9.99. The third-order valence-corrected chi connectivity index (χ3v) is 6.19. The lowest BCUT2D eigenvalue weighted by Gasteiger charge is -2.18. The standard InChI is InChI=1S/C31H28FN2O/c1-19-11-13-24-28-21(17-33)12-14-23(20-9-7-6-8-10-20)29(28)35-30(24)27(19)26-15-22(16-31(2,3)4)25(32)18-34(26)5/h6-15,18H,16H2,1-5H3/q+1/i16D2. The van der Waals surface area contributed by atoms with Crippen molar-refractivity contribution in [1.29, 1.82) is 5.26 Å². The highest BCUT2D eigenvalue weighted by molar-refractivity contribution is 6.15. The number of nitriles is 1. The first-order valence-corrected chi connectivity index (χ1v) is 11.6. The Labute approximate surface area is 207 Å². The van der Waals surface area contributed by atoms with Crippen LogP contribution in [0, 0.1) is 29.5 Å². The molecule has 0 radical (unpaired) electrons. The van der Waals surface area contributed by atoms with Crippen molar-refractivity contribution in [1.82, 2.24) is 0 Å². The Kier molecular flexibility index (Phi) is 4.87. The Morgan fingerprint density at radius 3 is 2.49 bits per heavy atom. The molecule has 0 spiro atoms. The fraction of sp³-hybridized carbons (Fsp3) is 0.226. The molecule has 0 aliphatic carbocycles. The number of furan rings is 1. The Morgan fingerprint density at radius 1 is 1.06 bits per heavy atom. The number of benzene rings is 3. The fourth-order valence-electron chi connectivity index (χ4n) is 4.66. The Balaban J connectivity index is 1.88. The molecule has 2 heterocycles. The molecule has 174 valence electrons. The number of hydrogen-bond acceptors (Lipinski definition) is 2. The van der Waals surface area contributed by atoms with E-state index in [1.807, 2.05) is 61.5 Å². The zero-order valence-electron chi connectivity index (χ0n) is 22.5. The third-order valence-electron chi connectivity index (χ3n) is 6.19. The Morgan fingerprint density at radius 2 is 1.80 bits per heavy atom. The zero-order chi connectivity index (χ0) is 26.7. The summed E-state index contributed by atoms with van der Waals surface area (Å²) in [5.74, 6) is -0.598. The minimum atomic E-state index is -1.91. The molecule has 0 amide bonds. The van der Waals surface area contributed by atoms with Gasteiger partial charge in [-0.25, -0.2) is 4.39 Å². The molecule has 4 heteroatoms. The van der Waals surface area contributed by atoms with Gasteiger partial charge in [0, 0.05) is 30.7 Å². The predicted octanol–water partition coefficient (Wildman–Crippen LogP) is 7.65. The van der Waals surface area contributed by atoms with Gasteiger partial charge in [0.25, 0.3) is 0 Å². The van der Waals surface area contributed by atoms with Gasteiger partial charge in [-0.3, -0.25) is 0 Å².